The summed E-state index contributed by atoms with van der Waals surface area (Å²) in [5, 5.41) is 2.69. The summed E-state index contributed by atoms with van der Waals surface area (Å²) >= 11 is 7.32. The van der Waals surface area contributed by atoms with Crippen molar-refractivity contribution in [2.24, 2.45) is 0 Å². The van der Waals surface area contributed by atoms with E-state index in [0.29, 0.717) is 16.6 Å². The van der Waals surface area contributed by atoms with E-state index in [-0.39, 0.29) is 15.7 Å². The number of hydrogen-bond donors (Lipinski definition) is 2. The fraction of sp³-hybridized carbons (Fsp3) is 0.200. The smallest absolute Gasteiger partial charge is 0.251 e. The third-order valence-corrected chi connectivity index (χ3v) is 8.74. The molecule has 174 valence electrons. The summed E-state index contributed by atoms with van der Waals surface area (Å²) in [5.41, 5.74) is 2.41. The van der Waals surface area contributed by atoms with Crippen LogP contribution in [0.1, 0.15) is 41.5 Å². The Balaban J connectivity index is 1.58. The monoisotopic (exact) mass is 511 g/mol. The van der Waals surface area contributed by atoms with Gasteiger partial charge in [-0.3, -0.25) is 4.79 Å². The number of nitrogens with one attached hydrogen (secondary N) is 2. The van der Waals surface area contributed by atoms with Gasteiger partial charge >= 0.3 is 0 Å². The normalized spacial score (nSPS) is 17.4. The molecule has 2 N–H and O–H groups in total. The van der Waals surface area contributed by atoms with Crippen molar-refractivity contribution in [3.63, 3.8) is 0 Å². The fourth-order valence-electron chi connectivity index (χ4n) is 4.39. The van der Waals surface area contributed by atoms with Crippen LogP contribution in [0.4, 0.5) is 0 Å². The Bertz CT molecular complexity index is 1530. The molecule has 0 bridgehead atoms. The van der Waals surface area contributed by atoms with E-state index in [1.807, 2.05) is 43.3 Å². The molecule has 0 spiro atoms. The molecule has 0 saturated carbocycles. The zero-order chi connectivity index (χ0) is 23.9. The number of rotatable bonds is 7. The number of benzene rings is 3. The summed E-state index contributed by atoms with van der Waals surface area (Å²) in [6.07, 6.45) is 1.57. The van der Waals surface area contributed by atoms with Crippen LogP contribution in [0, 0.1) is 0 Å². The molecule has 0 aliphatic heterocycles. The minimum absolute atomic E-state index is 0.139. The van der Waals surface area contributed by atoms with Gasteiger partial charge in [0.15, 0.2) is 5.16 Å². The van der Waals surface area contributed by atoms with Crippen molar-refractivity contribution in [2.75, 3.05) is 0 Å². The van der Waals surface area contributed by atoms with E-state index in [0.717, 1.165) is 34.0 Å². The van der Waals surface area contributed by atoms with Crippen LogP contribution >= 0.6 is 23.4 Å². The van der Waals surface area contributed by atoms with Crippen LogP contribution in [-0.2, 0) is 16.4 Å². The molecule has 0 saturated heterocycles. The molecule has 1 heterocycles. The molecule has 0 fully saturated rings. The average Bonchev–Trinajstić information content (AvgIpc) is 3.08. The van der Waals surface area contributed by atoms with Crippen LogP contribution in [-0.4, -0.2) is 18.4 Å². The van der Waals surface area contributed by atoms with Gasteiger partial charge < -0.3 is 4.98 Å². The number of halogens is 1. The Morgan fingerprint density at radius 3 is 2.47 bits per heavy atom. The summed E-state index contributed by atoms with van der Waals surface area (Å²) in [6.45, 7) is 2.03. The van der Waals surface area contributed by atoms with E-state index in [1.54, 1.807) is 12.1 Å². The van der Waals surface area contributed by atoms with Crippen LogP contribution in [0.15, 0.2) is 81.6 Å². The number of aryl methyl sites for hydroxylation is 1. The van der Waals surface area contributed by atoms with Gasteiger partial charge in [0.2, 0.25) is 10.0 Å². The van der Waals surface area contributed by atoms with Crippen molar-refractivity contribution < 1.29 is 8.42 Å². The first-order valence-electron chi connectivity index (χ1n) is 10.9. The van der Waals surface area contributed by atoms with Crippen LogP contribution in [0.3, 0.4) is 0 Å². The molecule has 0 unspecified atom stereocenters. The van der Waals surface area contributed by atoms with Gasteiger partial charge in [-0.15, -0.1) is 0 Å². The highest BCUT2D eigenvalue weighted by Gasteiger charge is 2.38. The Hall–Kier alpha value is -2.65. The van der Waals surface area contributed by atoms with E-state index >= 15 is 0 Å². The lowest BCUT2D eigenvalue weighted by Crippen LogP contribution is -2.30. The summed E-state index contributed by atoms with van der Waals surface area (Å²) in [5.74, 6) is 0. The number of nitrogens with zero attached hydrogens (tertiary/aromatic N) is 1. The van der Waals surface area contributed by atoms with Gasteiger partial charge in [-0.25, -0.2) is 18.1 Å². The maximum absolute atomic E-state index is 13.3. The minimum atomic E-state index is -3.84. The van der Waals surface area contributed by atoms with Gasteiger partial charge in [0.25, 0.3) is 5.56 Å². The molecular formula is C25H22ClN3O3S2. The van der Waals surface area contributed by atoms with Crippen molar-refractivity contribution in [3.05, 3.63) is 98.9 Å². The fourth-order valence-corrected chi connectivity index (χ4v) is 7.07. The van der Waals surface area contributed by atoms with Crippen LogP contribution in [0.2, 0.25) is 5.02 Å². The Kier molecular flexibility index (Phi) is 6.24. The van der Waals surface area contributed by atoms with Gasteiger partial charge in [0.05, 0.1) is 16.2 Å². The van der Waals surface area contributed by atoms with E-state index in [1.165, 1.54) is 30.0 Å². The second kappa shape index (κ2) is 9.19. The minimum Gasteiger partial charge on any atom is -0.301 e. The van der Waals surface area contributed by atoms with E-state index in [9.17, 15) is 13.2 Å². The lowest BCUT2D eigenvalue weighted by molar-refractivity contribution is 0.557. The van der Waals surface area contributed by atoms with Gasteiger partial charge in [-0.05, 0) is 52.6 Å². The molecule has 3 aromatic carbocycles. The predicted molar refractivity (Wildman–Crippen MR) is 136 cm³/mol. The van der Waals surface area contributed by atoms with Crippen molar-refractivity contribution in [3.8, 4) is 0 Å². The summed E-state index contributed by atoms with van der Waals surface area (Å²) in [6, 6.07) is 18.9. The third-order valence-electron chi connectivity index (χ3n) is 5.84. The average molecular weight is 512 g/mol. The highest BCUT2D eigenvalue weighted by atomic mass is 35.5. The summed E-state index contributed by atoms with van der Waals surface area (Å²) in [4.78, 5) is 19.8. The molecule has 5 rings (SSSR count). The zero-order valence-corrected chi connectivity index (χ0v) is 20.7. The second-order valence-corrected chi connectivity index (χ2v) is 11.5. The number of sulfonamides is 1. The lowest BCUT2D eigenvalue weighted by Gasteiger charge is -2.22. The number of aromatic nitrogens is 2. The van der Waals surface area contributed by atoms with E-state index < -0.39 is 16.1 Å². The van der Waals surface area contributed by atoms with Gasteiger partial charge in [0, 0.05) is 16.8 Å². The van der Waals surface area contributed by atoms with Crippen molar-refractivity contribution in [1.82, 2.24) is 14.7 Å². The topological polar surface area (TPSA) is 91.9 Å². The van der Waals surface area contributed by atoms with Crippen LogP contribution in [0.25, 0.3) is 10.8 Å². The predicted octanol–water partition coefficient (Wildman–Crippen LogP) is 5.40. The SMILES string of the molecule is CCCc1cc(=O)[nH]c(S[C@H]2c3cccc4cccc(c34)[C@@H]2NS(=O)(=O)c2ccc(Cl)cc2)n1. The van der Waals surface area contributed by atoms with Crippen LogP contribution in [0.5, 0.6) is 0 Å². The molecular weight excluding hydrogens is 490 g/mol. The molecule has 34 heavy (non-hydrogen) atoms. The number of hydrogen-bond acceptors (Lipinski definition) is 5. The van der Waals surface area contributed by atoms with Crippen molar-refractivity contribution in [2.45, 2.75) is 41.1 Å². The molecule has 1 aliphatic carbocycles. The summed E-state index contributed by atoms with van der Waals surface area (Å²) in [7, 11) is -3.84. The number of aromatic amines is 1. The van der Waals surface area contributed by atoms with E-state index in [4.69, 9.17) is 11.6 Å². The molecule has 1 aromatic heterocycles. The number of H-pyrrole nitrogens is 1. The third kappa shape index (κ3) is 4.38. The molecule has 0 amide bonds. The highest BCUT2D eigenvalue weighted by molar-refractivity contribution is 7.99. The maximum atomic E-state index is 13.3. The molecule has 6 nitrogen and oxygen atoms in total. The highest BCUT2D eigenvalue weighted by Crippen LogP contribution is 2.52. The molecule has 2 atom stereocenters. The van der Waals surface area contributed by atoms with Gasteiger partial charge in [-0.1, -0.05) is 73.1 Å². The number of thioether (sulfide) groups is 1. The van der Waals surface area contributed by atoms with E-state index in [2.05, 4.69) is 14.7 Å². The standard InChI is InChI=1S/C25H22ClN3O3S2/c1-2-5-17-14-21(30)28-25(27-17)33-24-20-9-4-7-15-6-3-8-19(22(15)20)23(24)29-34(31,32)18-12-10-16(26)11-13-18/h3-4,6-14,23-24,29H,2,5H2,1H3,(H,27,28,30)/t23-,24-/m0/s1. The molecule has 4 aromatic rings. The van der Waals surface area contributed by atoms with Crippen molar-refractivity contribution >= 4 is 44.2 Å². The first kappa shape index (κ1) is 23.1. The quantitative estimate of drug-likeness (QED) is 0.324. The van der Waals surface area contributed by atoms with Gasteiger partial charge in [-0.2, -0.15) is 0 Å². The Morgan fingerprint density at radius 2 is 1.76 bits per heavy atom. The summed E-state index contributed by atoms with van der Waals surface area (Å²) < 4.78 is 29.6. The molecule has 9 heteroatoms. The van der Waals surface area contributed by atoms with Crippen molar-refractivity contribution in [1.29, 1.82) is 0 Å². The zero-order valence-electron chi connectivity index (χ0n) is 18.3. The maximum Gasteiger partial charge on any atom is 0.251 e. The van der Waals surface area contributed by atoms with Crippen LogP contribution < -0.4 is 10.3 Å². The Labute approximate surface area is 206 Å². The largest absolute Gasteiger partial charge is 0.301 e. The first-order chi connectivity index (χ1) is 16.4. The Morgan fingerprint density at radius 1 is 1.06 bits per heavy atom. The molecule has 1 aliphatic rings. The second-order valence-electron chi connectivity index (χ2n) is 8.18. The lowest BCUT2D eigenvalue weighted by atomic mass is 10.1. The molecule has 0 radical (unpaired) electrons. The first-order valence-corrected chi connectivity index (χ1v) is 13.7. The van der Waals surface area contributed by atoms with Gasteiger partial charge in [0.1, 0.15) is 0 Å².